The van der Waals surface area contributed by atoms with Gasteiger partial charge in [0, 0.05) is 6.07 Å². The molecule has 0 aromatic carbocycles. The van der Waals surface area contributed by atoms with Crippen molar-refractivity contribution >= 4 is 17.5 Å². The summed E-state index contributed by atoms with van der Waals surface area (Å²) in [5.41, 5.74) is 0.221. The predicted octanol–water partition coefficient (Wildman–Crippen LogP) is 0.447. The molecule has 1 amide bonds. The standard InChI is InChI=1S/C8H8N4O3/c1-5-3-7(15-11-5)10-8(13)6(4-9)12-14-2/h3H,1-2H3,(H,10,13). The minimum absolute atomic E-state index is 0.150. The topological polar surface area (TPSA) is 101 Å². The van der Waals surface area contributed by atoms with Crippen LogP contribution in [0, 0.1) is 18.3 Å². The number of nitrogens with zero attached hydrogens (tertiary/aromatic N) is 3. The molecule has 0 spiro atoms. The van der Waals surface area contributed by atoms with E-state index in [1.807, 2.05) is 0 Å². The molecule has 0 saturated heterocycles. The van der Waals surface area contributed by atoms with Crippen LogP contribution < -0.4 is 5.32 Å². The Labute approximate surface area is 85.3 Å². The summed E-state index contributed by atoms with van der Waals surface area (Å²) in [6.07, 6.45) is 0. The zero-order valence-electron chi connectivity index (χ0n) is 8.14. The number of aryl methyl sites for hydroxylation is 1. The molecule has 1 heterocycles. The molecule has 15 heavy (non-hydrogen) atoms. The lowest BCUT2D eigenvalue weighted by Crippen LogP contribution is -2.21. The molecule has 0 aliphatic carbocycles. The van der Waals surface area contributed by atoms with E-state index in [1.54, 1.807) is 13.0 Å². The van der Waals surface area contributed by atoms with E-state index in [2.05, 4.69) is 20.5 Å². The van der Waals surface area contributed by atoms with Crippen LogP contribution in [0.2, 0.25) is 0 Å². The number of rotatable bonds is 3. The Kier molecular flexibility index (Phi) is 3.40. The van der Waals surface area contributed by atoms with Gasteiger partial charge in [0.05, 0.1) is 5.69 Å². The molecule has 0 bridgehead atoms. The lowest BCUT2D eigenvalue weighted by atomic mass is 10.4. The summed E-state index contributed by atoms with van der Waals surface area (Å²) in [6.45, 7) is 1.70. The number of hydrogen-bond donors (Lipinski definition) is 1. The third-order valence-electron chi connectivity index (χ3n) is 1.37. The highest BCUT2D eigenvalue weighted by atomic mass is 16.6. The largest absolute Gasteiger partial charge is 0.398 e. The quantitative estimate of drug-likeness (QED) is 0.574. The lowest BCUT2D eigenvalue weighted by molar-refractivity contribution is -0.110. The first kappa shape index (κ1) is 10.7. The van der Waals surface area contributed by atoms with Gasteiger partial charge in [-0.2, -0.15) is 5.26 Å². The summed E-state index contributed by atoms with van der Waals surface area (Å²) in [4.78, 5) is 15.6. The van der Waals surface area contributed by atoms with Gasteiger partial charge in [0.15, 0.2) is 0 Å². The third-order valence-corrected chi connectivity index (χ3v) is 1.37. The number of nitrogens with one attached hydrogen (secondary N) is 1. The molecule has 0 atom stereocenters. The summed E-state index contributed by atoms with van der Waals surface area (Å²) >= 11 is 0. The van der Waals surface area contributed by atoms with Crippen LogP contribution in [0.5, 0.6) is 0 Å². The Balaban J connectivity index is 2.71. The first-order valence-electron chi connectivity index (χ1n) is 3.93. The minimum atomic E-state index is -0.712. The molecule has 7 heteroatoms. The van der Waals surface area contributed by atoms with Crippen molar-refractivity contribution in [2.24, 2.45) is 5.16 Å². The van der Waals surface area contributed by atoms with Crippen molar-refractivity contribution in [3.8, 4) is 6.07 Å². The van der Waals surface area contributed by atoms with Gasteiger partial charge in [-0.3, -0.25) is 10.1 Å². The molecular weight excluding hydrogens is 200 g/mol. The van der Waals surface area contributed by atoms with Crippen LogP contribution in [-0.2, 0) is 9.63 Å². The molecule has 1 N–H and O–H groups in total. The minimum Gasteiger partial charge on any atom is -0.398 e. The Morgan fingerprint density at radius 1 is 1.80 bits per heavy atom. The van der Waals surface area contributed by atoms with Crippen LogP contribution in [0.25, 0.3) is 0 Å². The van der Waals surface area contributed by atoms with Gasteiger partial charge < -0.3 is 9.36 Å². The van der Waals surface area contributed by atoms with Gasteiger partial charge in [-0.1, -0.05) is 10.3 Å². The number of amides is 1. The van der Waals surface area contributed by atoms with Crippen LogP contribution in [0.3, 0.4) is 0 Å². The van der Waals surface area contributed by atoms with E-state index in [0.29, 0.717) is 5.69 Å². The fraction of sp³-hybridized carbons (Fsp3) is 0.250. The summed E-state index contributed by atoms with van der Waals surface area (Å²) in [5, 5.41) is 17.6. The van der Waals surface area contributed by atoms with E-state index in [4.69, 9.17) is 9.78 Å². The van der Waals surface area contributed by atoms with Crippen molar-refractivity contribution in [3.63, 3.8) is 0 Å². The van der Waals surface area contributed by atoms with E-state index in [1.165, 1.54) is 13.2 Å². The highest BCUT2D eigenvalue weighted by Crippen LogP contribution is 2.07. The van der Waals surface area contributed by atoms with E-state index >= 15 is 0 Å². The summed E-state index contributed by atoms with van der Waals surface area (Å²) in [6, 6.07) is 3.09. The van der Waals surface area contributed by atoms with Crippen LogP contribution >= 0.6 is 0 Å². The van der Waals surface area contributed by atoms with Gasteiger partial charge >= 0.3 is 0 Å². The fourth-order valence-corrected chi connectivity index (χ4v) is 0.798. The van der Waals surface area contributed by atoms with Gasteiger partial charge in [0.25, 0.3) is 5.91 Å². The third kappa shape index (κ3) is 2.80. The Bertz CT molecular complexity index is 429. The second-order valence-electron chi connectivity index (χ2n) is 2.52. The van der Waals surface area contributed by atoms with Crippen LogP contribution in [0.1, 0.15) is 5.69 Å². The van der Waals surface area contributed by atoms with Crippen molar-refractivity contribution < 1.29 is 14.2 Å². The average molecular weight is 208 g/mol. The molecule has 0 aliphatic heterocycles. The monoisotopic (exact) mass is 208 g/mol. The van der Waals surface area contributed by atoms with Crippen molar-refractivity contribution in [2.45, 2.75) is 6.92 Å². The van der Waals surface area contributed by atoms with E-state index < -0.39 is 11.6 Å². The van der Waals surface area contributed by atoms with Gasteiger partial charge in [0.2, 0.25) is 11.6 Å². The number of anilines is 1. The zero-order chi connectivity index (χ0) is 11.3. The molecule has 78 valence electrons. The molecule has 0 aliphatic rings. The van der Waals surface area contributed by atoms with Crippen LogP contribution in [-0.4, -0.2) is 23.9 Å². The maximum Gasteiger partial charge on any atom is 0.291 e. The molecule has 7 nitrogen and oxygen atoms in total. The Hall–Kier alpha value is -2.36. The van der Waals surface area contributed by atoms with Crippen molar-refractivity contribution in [3.05, 3.63) is 11.8 Å². The molecule has 1 aromatic rings. The van der Waals surface area contributed by atoms with E-state index in [0.717, 1.165) is 0 Å². The van der Waals surface area contributed by atoms with Gasteiger partial charge in [-0.05, 0) is 6.92 Å². The van der Waals surface area contributed by atoms with Gasteiger partial charge in [-0.15, -0.1) is 0 Å². The zero-order valence-corrected chi connectivity index (χ0v) is 8.14. The molecule has 0 saturated carbocycles. The SMILES string of the molecule is CON=C(C#N)C(=O)Nc1cc(C)no1. The van der Waals surface area contributed by atoms with Gasteiger partial charge in [0.1, 0.15) is 13.2 Å². The number of carbonyl (C=O) groups is 1. The summed E-state index contributed by atoms with van der Waals surface area (Å²) in [7, 11) is 1.24. The van der Waals surface area contributed by atoms with Crippen LogP contribution in [0.4, 0.5) is 5.88 Å². The second-order valence-corrected chi connectivity index (χ2v) is 2.52. The Morgan fingerprint density at radius 2 is 2.53 bits per heavy atom. The lowest BCUT2D eigenvalue weighted by Gasteiger charge is -1.96. The maximum absolute atomic E-state index is 11.3. The first-order chi connectivity index (χ1) is 7.17. The first-order valence-corrected chi connectivity index (χ1v) is 3.93. The fourth-order valence-electron chi connectivity index (χ4n) is 0.798. The number of carbonyl (C=O) groups excluding carboxylic acids is 1. The van der Waals surface area contributed by atoms with Crippen LogP contribution in [0.15, 0.2) is 15.7 Å². The van der Waals surface area contributed by atoms with E-state index in [-0.39, 0.29) is 5.88 Å². The molecule has 0 unspecified atom stereocenters. The Morgan fingerprint density at radius 3 is 3.00 bits per heavy atom. The number of hydrogen-bond acceptors (Lipinski definition) is 6. The highest BCUT2D eigenvalue weighted by Gasteiger charge is 2.13. The number of oxime groups is 1. The number of nitriles is 1. The van der Waals surface area contributed by atoms with Crippen molar-refractivity contribution in [1.29, 1.82) is 5.26 Å². The normalized spacial score (nSPS) is 10.6. The molecule has 0 fully saturated rings. The number of aromatic nitrogens is 1. The molecule has 0 radical (unpaired) electrons. The molecular formula is C8H8N4O3. The average Bonchev–Trinajstić information content (AvgIpc) is 2.60. The summed E-state index contributed by atoms with van der Waals surface area (Å²) in [5.74, 6) is -0.563. The van der Waals surface area contributed by atoms with E-state index in [9.17, 15) is 4.79 Å². The van der Waals surface area contributed by atoms with Gasteiger partial charge in [-0.25, -0.2) is 0 Å². The second kappa shape index (κ2) is 4.76. The molecule has 1 rings (SSSR count). The maximum atomic E-state index is 11.3. The van der Waals surface area contributed by atoms with Crippen molar-refractivity contribution in [2.75, 3.05) is 12.4 Å². The molecule has 1 aromatic heterocycles. The smallest absolute Gasteiger partial charge is 0.291 e. The predicted molar refractivity (Wildman–Crippen MR) is 49.9 cm³/mol. The highest BCUT2D eigenvalue weighted by molar-refractivity contribution is 6.48. The summed E-state index contributed by atoms with van der Waals surface area (Å²) < 4.78 is 4.72. The van der Waals surface area contributed by atoms with Crippen molar-refractivity contribution in [1.82, 2.24) is 5.16 Å².